The van der Waals surface area contributed by atoms with Crippen molar-refractivity contribution in [1.29, 1.82) is 0 Å². The minimum Gasteiger partial charge on any atom is -0.458 e. The molecule has 11 aromatic rings. The van der Waals surface area contributed by atoms with Crippen LogP contribution in [0.25, 0.3) is 55.0 Å². The Bertz CT molecular complexity index is 3660. The predicted octanol–water partition coefficient (Wildman–Crippen LogP) is 9.55. The molecule has 0 saturated heterocycles. The zero-order valence-corrected chi connectivity index (χ0v) is 33.5. The smallest absolute Gasteiger partial charge is 0.270 e. The molecule has 0 bridgehead atoms. The Morgan fingerprint density at radius 2 is 0.547 bits per heavy atom. The number of fused-ring (bicyclic) bond motifs is 7. The van der Waals surface area contributed by atoms with Crippen molar-refractivity contribution in [3.05, 3.63) is 158 Å². The fraction of sp³-hybridized carbons (Fsp3) is 0. The molecule has 0 fully saturated rings. The van der Waals surface area contributed by atoms with Crippen LogP contribution in [-0.4, -0.2) is 22.6 Å². The monoisotopic (exact) mass is 820 g/mol. The molecule has 17 rings (SSSR count). The maximum absolute atomic E-state index is 6.81. The van der Waals surface area contributed by atoms with Crippen molar-refractivity contribution in [3.8, 4) is 80.4 Å². The Labute approximate surface area is 364 Å². The largest absolute Gasteiger partial charge is 0.458 e. The molecule has 9 aromatic carbocycles. The maximum Gasteiger partial charge on any atom is 0.270 e. The van der Waals surface area contributed by atoms with Gasteiger partial charge in [0.05, 0.1) is 33.4 Å². The Morgan fingerprint density at radius 3 is 0.875 bits per heavy atom. The second-order valence-electron chi connectivity index (χ2n) is 17.4. The molecule has 294 valence electrons. The van der Waals surface area contributed by atoms with E-state index in [2.05, 4.69) is 94.1 Å². The predicted molar refractivity (Wildman–Crippen MR) is 251 cm³/mol. The molecule has 8 nitrogen and oxygen atoms in total. The van der Waals surface area contributed by atoms with Gasteiger partial charge in [-0.25, -0.2) is 0 Å². The van der Waals surface area contributed by atoms with E-state index in [1.807, 2.05) is 72.8 Å². The minimum atomic E-state index is -0.0540. The topological polar surface area (TPSA) is 65.2 Å². The van der Waals surface area contributed by atoms with Crippen LogP contribution in [0.5, 0.6) is 69.0 Å². The lowest BCUT2D eigenvalue weighted by atomic mass is 9.34. The van der Waals surface area contributed by atoms with Gasteiger partial charge in [0.25, 0.3) is 13.4 Å². The quantitative estimate of drug-likeness (QED) is 0.162. The van der Waals surface area contributed by atoms with Crippen molar-refractivity contribution in [3.63, 3.8) is 0 Å². The summed E-state index contributed by atoms with van der Waals surface area (Å²) in [6.07, 6.45) is 0. The minimum absolute atomic E-state index is 0.0540. The van der Waals surface area contributed by atoms with Gasteiger partial charge >= 0.3 is 0 Å². The van der Waals surface area contributed by atoms with Crippen LogP contribution in [0, 0.1) is 0 Å². The van der Waals surface area contributed by atoms with E-state index >= 15 is 0 Å². The highest BCUT2D eigenvalue weighted by molar-refractivity contribution is 7.00. The normalized spacial score (nSPS) is 14.3. The summed E-state index contributed by atoms with van der Waals surface area (Å²) in [5.41, 5.74) is 12.5. The van der Waals surface area contributed by atoms with Gasteiger partial charge in [0.15, 0.2) is 0 Å². The third-order valence-electron chi connectivity index (χ3n) is 14.3. The molecule has 0 aliphatic carbocycles. The van der Waals surface area contributed by atoms with E-state index in [-0.39, 0.29) is 13.4 Å². The molecule has 0 atom stereocenters. The highest BCUT2D eigenvalue weighted by Crippen LogP contribution is 2.48. The number of ether oxygens (including phenoxy) is 6. The summed E-state index contributed by atoms with van der Waals surface area (Å²) in [5.74, 6) is 9.65. The highest BCUT2D eigenvalue weighted by atomic mass is 16.5. The van der Waals surface area contributed by atoms with Gasteiger partial charge in [0.1, 0.15) is 69.0 Å². The van der Waals surface area contributed by atoms with Gasteiger partial charge in [-0.1, -0.05) is 60.7 Å². The molecule has 64 heavy (non-hydrogen) atoms. The molecule has 0 amide bonds. The molecular weight excluding hydrogens is 794 g/mol. The van der Waals surface area contributed by atoms with Gasteiger partial charge in [0.2, 0.25) is 0 Å². The van der Waals surface area contributed by atoms with Gasteiger partial charge in [0, 0.05) is 78.6 Å². The molecule has 0 spiro atoms. The highest BCUT2D eigenvalue weighted by Gasteiger charge is 2.48. The van der Waals surface area contributed by atoms with Crippen LogP contribution in [0.2, 0.25) is 0 Å². The van der Waals surface area contributed by atoms with Crippen LogP contribution in [0.3, 0.4) is 0 Å². The molecular formula is C54H26B2N2O6. The SMILES string of the molecule is c1cc2c3c(c1)Oc1cc(-n4c5ccccc5c5c6c7ccccc7n(-c7cc8c9c(c7)Oc7cccc%10c7B9c7c(cccc7O8)O%10)c6ccc54)cc4c1B3c1c(cccc1O4)O2. The van der Waals surface area contributed by atoms with E-state index in [0.29, 0.717) is 0 Å². The van der Waals surface area contributed by atoms with Crippen molar-refractivity contribution < 1.29 is 28.4 Å². The van der Waals surface area contributed by atoms with Crippen LogP contribution in [0.1, 0.15) is 0 Å². The lowest BCUT2D eigenvalue weighted by molar-refractivity contribution is 0.442. The first-order chi connectivity index (χ1) is 31.7. The molecule has 6 aliphatic heterocycles. The Kier molecular flexibility index (Phi) is 5.51. The van der Waals surface area contributed by atoms with Gasteiger partial charge in [-0.15, -0.1) is 0 Å². The van der Waals surface area contributed by atoms with Crippen molar-refractivity contribution in [2.45, 2.75) is 0 Å². The maximum atomic E-state index is 6.81. The lowest BCUT2D eigenvalue weighted by Gasteiger charge is -2.37. The fourth-order valence-corrected chi connectivity index (χ4v) is 11.9. The third kappa shape index (κ3) is 3.74. The van der Waals surface area contributed by atoms with Crippen molar-refractivity contribution in [1.82, 2.24) is 9.13 Å². The van der Waals surface area contributed by atoms with E-state index in [0.717, 1.165) is 146 Å². The third-order valence-corrected chi connectivity index (χ3v) is 14.3. The van der Waals surface area contributed by atoms with Crippen LogP contribution < -0.4 is 61.2 Å². The molecule has 0 saturated carbocycles. The van der Waals surface area contributed by atoms with Gasteiger partial charge < -0.3 is 37.6 Å². The summed E-state index contributed by atoms with van der Waals surface area (Å²) in [4.78, 5) is 0. The van der Waals surface area contributed by atoms with Crippen molar-refractivity contribution in [2.24, 2.45) is 0 Å². The number of hydrogen-bond acceptors (Lipinski definition) is 6. The Balaban J connectivity index is 0.904. The summed E-state index contributed by atoms with van der Waals surface area (Å²) in [6, 6.07) is 54.9. The van der Waals surface area contributed by atoms with Crippen LogP contribution >= 0.6 is 0 Å². The summed E-state index contributed by atoms with van der Waals surface area (Å²) >= 11 is 0. The van der Waals surface area contributed by atoms with Gasteiger partial charge in [-0.3, -0.25) is 0 Å². The van der Waals surface area contributed by atoms with Crippen LogP contribution in [-0.2, 0) is 0 Å². The Hall–Kier alpha value is -8.49. The van der Waals surface area contributed by atoms with Gasteiger partial charge in [-0.05, 0) is 72.8 Å². The van der Waals surface area contributed by atoms with E-state index < -0.39 is 0 Å². The summed E-state index contributed by atoms with van der Waals surface area (Å²) in [7, 11) is 0. The first-order valence-electron chi connectivity index (χ1n) is 21.6. The summed E-state index contributed by atoms with van der Waals surface area (Å²) in [5, 5.41) is 4.64. The zero-order chi connectivity index (χ0) is 41.1. The van der Waals surface area contributed by atoms with E-state index in [4.69, 9.17) is 28.4 Å². The number of hydrogen-bond donors (Lipinski definition) is 0. The van der Waals surface area contributed by atoms with Crippen molar-refractivity contribution in [2.75, 3.05) is 0 Å². The van der Waals surface area contributed by atoms with E-state index in [9.17, 15) is 0 Å². The number of aromatic nitrogens is 2. The molecule has 0 N–H and O–H groups in total. The first-order valence-corrected chi connectivity index (χ1v) is 21.6. The first kappa shape index (κ1) is 32.3. The second kappa shape index (κ2) is 10.9. The molecule has 2 aromatic heterocycles. The Morgan fingerprint density at radius 1 is 0.266 bits per heavy atom. The van der Waals surface area contributed by atoms with E-state index in [1.165, 1.54) is 10.8 Å². The molecule has 0 radical (unpaired) electrons. The zero-order valence-electron chi connectivity index (χ0n) is 33.5. The van der Waals surface area contributed by atoms with Crippen molar-refractivity contribution >= 4 is 89.8 Å². The molecule has 8 heterocycles. The summed E-state index contributed by atoms with van der Waals surface area (Å²) < 4.78 is 44.8. The number of nitrogens with zero attached hydrogens (tertiary/aromatic N) is 2. The number of para-hydroxylation sites is 2. The van der Waals surface area contributed by atoms with Crippen LogP contribution in [0.4, 0.5) is 0 Å². The van der Waals surface area contributed by atoms with Crippen LogP contribution in [0.15, 0.2) is 158 Å². The molecule has 6 aliphatic rings. The van der Waals surface area contributed by atoms with E-state index in [1.54, 1.807) is 0 Å². The average Bonchev–Trinajstić information content (AvgIpc) is 3.84. The number of rotatable bonds is 2. The standard InChI is InChI=1S/C54H26B2N2O6/c1-3-11-31-29(9-1)47-33(57(31)27-23-43-53-44(24-27)62-40-18-6-14-36-50(40)55(53)49-35(59-36)13-5-17-39(49)61-43)21-22-34-48(47)30-10-2-4-12-32(30)58(34)28-25-45-54-46(26-28)64-42-20-8-16-38-52(42)56(54)51-37(60-38)15-7-19-41(51)63-45/h1-26H. The fourth-order valence-electron chi connectivity index (χ4n) is 11.9. The second-order valence-corrected chi connectivity index (χ2v) is 17.4. The molecule has 10 heteroatoms. The number of benzene rings is 9. The summed E-state index contributed by atoms with van der Waals surface area (Å²) in [6.45, 7) is -0.108. The average molecular weight is 820 g/mol. The van der Waals surface area contributed by atoms with Gasteiger partial charge in [-0.2, -0.15) is 0 Å². The molecule has 0 unspecified atom stereocenters. The lowest BCUT2D eigenvalue weighted by Crippen LogP contribution is -2.59.